The third kappa shape index (κ3) is 6.22. The van der Waals surface area contributed by atoms with E-state index in [1.807, 2.05) is 4.90 Å². The molecule has 2 N–H and O–H groups in total. The molecule has 0 aliphatic heterocycles. The molecule has 0 rings (SSSR count). The van der Waals surface area contributed by atoms with Crippen LogP contribution in [-0.2, 0) is 9.53 Å². The van der Waals surface area contributed by atoms with Crippen LogP contribution in [0.4, 0.5) is 0 Å². The largest absolute Gasteiger partial charge is 0.466 e. The maximum Gasteiger partial charge on any atom is 0.333 e. The summed E-state index contributed by atoms with van der Waals surface area (Å²) in [5.74, 6) is -0.358. The van der Waals surface area contributed by atoms with Gasteiger partial charge in [-0.15, -0.1) is 0 Å². The lowest BCUT2D eigenvalue weighted by Gasteiger charge is -2.18. The van der Waals surface area contributed by atoms with Gasteiger partial charge in [0.15, 0.2) is 0 Å². The Balaban J connectivity index is 4.10. The number of hydrogen-bond acceptors (Lipinski definition) is 5. The van der Waals surface area contributed by atoms with Gasteiger partial charge in [0.25, 0.3) is 0 Å². The molecule has 0 radical (unpaired) electrons. The third-order valence-corrected chi connectivity index (χ3v) is 2.00. The van der Waals surface area contributed by atoms with Gasteiger partial charge in [0.2, 0.25) is 0 Å². The Labute approximate surface area is 90.0 Å². The first-order valence-electron chi connectivity index (χ1n) is 4.84. The SMILES string of the molecule is COC(=O)C(C)=CCN(CCO)CCO. The molecule has 0 bridgehead atoms. The Morgan fingerprint density at radius 1 is 1.33 bits per heavy atom. The monoisotopic (exact) mass is 217 g/mol. The van der Waals surface area contributed by atoms with E-state index in [9.17, 15) is 4.79 Å². The Kier molecular flexibility index (Phi) is 7.89. The van der Waals surface area contributed by atoms with Crippen molar-refractivity contribution in [2.45, 2.75) is 6.92 Å². The minimum atomic E-state index is -0.358. The molecule has 0 spiro atoms. The lowest BCUT2D eigenvalue weighted by Crippen LogP contribution is -2.30. The summed E-state index contributed by atoms with van der Waals surface area (Å²) in [6.45, 7) is 3.21. The van der Waals surface area contributed by atoms with E-state index in [0.29, 0.717) is 25.2 Å². The number of methoxy groups -OCH3 is 1. The number of carbonyl (C=O) groups excluding carboxylic acids is 1. The quantitative estimate of drug-likeness (QED) is 0.440. The predicted molar refractivity (Wildman–Crippen MR) is 56.4 cm³/mol. The van der Waals surface area contributed by atoms with Crippen molar-refractivity contribution in [3.8, 4) is 0 Å². The molecule has 0 amide bonds. The highest BCUT2D eigenvalue weighted by atomic mass is 16.5. The zero-order chi connectivity index (χ0) is 11.7. The summed E-state index contributed by atoms with van der Waals surface area (Å²) >= 11 is 0. The molecule has 0 aromatic carbocycles. The highest BCUT2D eigenvalue weighted by Crippen LogP contribution is 1.97. The standard InChI is InChI=1S/C10H19NO4/c1-9(10(14)15-2)3-4-11(5-7-12)6-8-13/h3,12-13H,4-8H2,1-2H3. The van der Waals surface area contributed by atoms with Crippen LogP contribution in [0.3, 0.4) is 0 Å². The number of aliphatic hydroxyl groups is 2. The number of aliphatic hydroxyl groups excluding tert-OH is 2. The zero-order valence-corrected chi connectivity index (χ0v) is 9.27. The van der Waals surface area contributed by atoms with Gasteiger partial charge >= 0.3 is 5.97 Å². The molecule has 5 heteroatoms. The number of carbonyl (C=O) groups is 1. The molecule has 0 aliphatic rings. The van der Waals surface area contributed by atoms with Crippen molar-refractivity contribution in [1.29, 1.82) is 0 Å². The van der Waals surface area contributed by atoms with Gasteiger partial charge < -0.3 is 14.9 Å². The van der Waals surface area contributed by atoms with Crippen LogP contribution < -0.4 is 0 Å². The maximum atomic E-state index is 11.0. The van der Waals surface area contributed by atoms with Crippen LogP contribution in [0, 0.1) is 0 Å². The van der Waals surface area contributed by atoms with E-state index < -0.39 is 0 Å². The summed E-state index contributed by atoms with van der Waals surface area (Å²) in [5.41, 5.74) is 0.526. The van der Waals surface area contributed by atoms with Gasteiger partial charge in [-0.2, -0.15) is 0 Å². The zero-order valence-electron chi connectivity index (χ0n) is 9.27. The molecule has 0 unspecified atom stereocenters. The van der Waals surface area contributed by atoms with E-state index in [1.165, 1.54) is 7.11 Å². The molecule has 5 nitrogen and oxygen atoms in total. The number of rotatable bonds is 7. The minimum absolute atomic E-state index is 0.0328. The van der Waals surface area contributed by atoms with Gasteiger partial charge in [0.1, 0.15) is 0 Å². The van der Waals surface area contributed by atoms with Crippen LogP contribution in [0.25, 0.3) is 0 Å². The number of esters is 1. The number of hydrogen-bond donors (Lipinski definition) is 2. The normalized spacial score (nSPS) is 11.9. The molecule has 15 heavy (non-hydrogen) atoms. The van der Waals surface area contributed by atoms with E-state index in [1.54, 1.807) is 13.0 Å². The lowest BCUT2D eigenvalue weighted by atomic mass is 10.3. The van der Waals surface area contributed by atoms with Crippen molar-refractivity contribution in [2.75, 3.05) is 40.0 Å². The summed E-state index contributed by atoms with van der Waals surface area (Å²) in [5, 5.41) is 17.5. The summed E-state index contributed by atoms with van der Waals surface area (Å²) in [6.07, 6.45) is 1.72. The smallest absolute Gasteiger partial charge is 0.333 e. The van der Waals surface area contributed by atoms with Gasteiger partial charge in [-0.05, 0) is 6.92 Å². The average Bonchev–Trinajstić information content (AvgIpc) is 2.25. The van der Waals surface area contributed by atoms with Crippen LogP contribution >= 0.6 is 0 Å². The Bertz CT molecular complexity index is 209. The van der Waals surface area contributed by atoms with Crippen LogP contribution in [0.2, 0.25) is 0 Å². The van der Waals surface area contributed by atoms with Crippen molar-refractivity contribution < 1.29 is 19.7 Å². The molecule has 0 fully saturated rings. The molecular weight excluding hydrogens is 198 g/mol. The molecule has 0 aliphatic carbocycles. The minimum Gasteiger partial charge on any atom is -0.466 e. The second-order valence-electron chi connectivity index (χ2n) is 3.13. The molecular formula is C10H19NO4. The predicted octanol–water partition coefficient (Wildman–Crippen LogP) is -0.608. The summed E-state index contributed by atoms with van der Waals surface area (Å²) in [4.78, 5) is 12.9. The topological polar surface area (TPSA) is 70.0 Å². The van der Waals surface area contributed by atoms with Gasteiger partial charge in [-0.25, -0.2) is 4.79 Å². The van der Waals surface area contributed by atoms with E-state index in [-0.39, 0.29) is 19.2 Å². The summed E-state index contributed by atoms with van der Waals surface area (Å²) in [7, 11) is 1.33. The van der Waals surface area contributed by atoms with Gasteiger partial charge in [0, 0.05) is 25.2 Å². The fourth-order valence-corrected chi connectivity index (χ4v) is 1.09. The first-order valence-corrected chi connectivity index (χ1v) is 4.84. The van der Waals surface area contributed by atoms with Crippen LogP contribution in [0.15, 0.2) is 11.6 Å². The van der Waals surface area contributed by atoms with Gasteiger partial charge in [0.05, 0.1) is 20.3 Å². The van der Waals surface area contributed by atoms with Crippen molar-refractivity contribution in [1.82, 2.24) is 4.90 Å². The van der Waals surface area contributed by atoms with Crippen LogP contribution in [0.5, 0.6) is 0 Å². The molecule has 88 valence electrons. The van der Waals surface area contributed by atoms with Crippen molar-refractivity contribution >= 4 is 5.97 Å². The van der Waals surface area contributed by atoms with E-state index in [4.69, 9.17) is 10.2 Å². The molecule has 0 atom stereocenters. The number of ether oxygens (including phenoxy) is 1. The first-order chi connectivity index (χ1) is 7.15. The van der Waals surface area contributed by atoms with Crippen molar-refractivity contribution in [2.24, 2.45) is 0 Å². The number of nitrogens with zero attached hydrogens (tertiary/aromatic N) is 1. The van der Waals surface area contributed by atoms with Crippen molar-refractivity contribution in [3.05, 3.63) is 11.6 Å². The van der Waals surface area contributed by atoms with E-state index in [0.717, 1.165) is 0 Å². The van der Waals surface area contributed by atoms with Crippen LogP contribution in [0.1, 0.15) is 6.92 Å². The van der Waals surface area contributed by atoms with Gasteiger partial charge in [-0.1, -0.05) is 6.08 Å². The fourth-order valence-electron chi connectivity index (χ4n) is 1.09. The Morgan fingerprint density at radius 3 is 2.27 bits per heavy atom. The fraction of sp³-hybridized carbons (Fsp3) is 0.700. The molecule has 0 saturated carbocycles. The average molecular weight is 217 g/mol. The Hall–Kier alpha value is -0.910. The second-order valence-corrected chi connectivity index (χ2v) is 3.13. The molecule has 0 saturated heterocycles. The molecule has 0 aromatic rings. The van der Waals surface area contributed by atoms with Crippen LogP contribution in [-0.4, -0.2) is 61.0 Å². The summed E-state index contributed by atoms with van der Waals surface area (Å²) < 4.78 is 4.54. The van der Waals surface area contributed by atoms with Crippen molar-refractivity contribution in [3.63, 3.8) is 0 Å². The Morgan fingerprint density at radius 2 is 1.87 bits per heavy atom. The lowest BCUT2D eigenvalue weighted by molar-refractivity contribution is -0.136. The maximum absolute atomic E-state index is 11.0. The van der Waals surface area contributed by atoms with E-state index in [2.05, 4.69) is 4.74 Å². The first kappa shape index (κ1) is 14.1. The van der Waals surface area contributed by atoms with Gasteiger partial charge in [-0.3, -0.25) is 4.90 Å². The molecule has 0 heterocycles. The third-order valence-electron chi connectivity index (χ3n) is 2.00. The van der Waals surface area contributed by atoms with E-state index >= 15 is 0 Å². The second kappa shape index (κ2) is 8.40. The molecule has 0 aromatic heterocycles. The summed E-state index contributed by atoms with van der Waals surface area (Å²) in [6, 6.07) is 0. The highest BCUT2D eigenvalue weighted by Gasteiger charge is 2.05. The highest BCUT2D eigenvalue weighted by molar-refractivity contribution is 5.87.